The van der Waals surface area contributed by atoms with E-state index >= 15 is 0 Å². The minimum absolute atomic E-state index is 0.0160. The van der Waals surface area contributed by atoms with Crippen molar-refractivity contribution in [2.24, 2.45) is 5.84 Å². The lowest BCUT2D eigenvalue weighted by atomic mass is 10.4. The third kappa shape index (κ3) is 2.54. The zero-order valence-electron chi connectivity index (χ0n) is 10.8. The molecule has 2 heterocycles. The number of nitrogen functional groups attached to an aromatic ring is 1. The van der Waals surface area contributed by atoms with Crippen LogP contribution in [0.3, 0.4) is 0 Å². The number of hydrazine groups is 1. The molecule has 0 spiro atoms. The molecule has 0 saturated heterocycles. The molecule has 0 unspecified atom stereocenters. The largest absolute Gasteiger partial charge is 0.454 e. The molecule has 0 atom stereocenters. The molecule has 20 heavy (non-hydrogen) atoms. The Morgan fingerprint density at radius 2 is 2.10 bits per heavy atom. The van der Waals surface area contributed by atoms with Crippen molar-refractivity contribution in [1.82, 2.24) is 14.6 Å². The van der Waals surface area contributed by atoms with E-state index in [0.29, 0.717) is 12.3 Å². The number of nitrogens with one attached hydrogen (secondary N) is 1. The molecule has 2 rings (SSSR count). The summed E-state index contributed by atoms with van der Waals surface area (Å²) in [6.45, 7) is 2.21. The van der Waals surface area contributed by atoms with Gasteiger partial charge in [-0.15, -0.1) is 0 Å². The summed E-state index contributed by atoms with van der Waals surface area (Å²) >= 11 is 0. The highest BCUT2D eigenvalue weighted by Crippen LogP contribution is 2.07. The Bertz CT molecular complexity index is 740. The van der Waals surface area contributed by atoms with Crippen LogP contribution in [0.4, 0.5) is 0 Å². The molecule has 0 aliphatic heterocycles. The first kappa shape index (κ1) is 13.8. The molecule has 0 saturated carbocycles. The fraction of sp³-hybridized carbons (Fsp3) is 0.250. The van der Waals surface area contributed by atoms with Crippen molar-refractivity contribution in [2.75, 3.05) is 0 Å². The molecule has 0 radical (unpaired) electrons. The standard InChI is InChI=1S/C12H14N4O4/c1-2-15-6-5-10(17)16(12(15)19)7-8-3-4-9(20-8)11(18)14-13/h3-6H,2,7,13H2,1H3,(H,14,18). The van der Waals surface area contributed by atoms with E-state index in [4.69, 9.17) is 10.3 Å². The molecule has 0 aromatic carbocycles. The van der Waals surface area contributed by atoms with Crippen molar-refractivity contribution in [3.8, 4) is 0 Å². The number of nitrogens with two attached hydrogens (primary N) is 1. The monoisotopic (exact) mass is 278 g/mol. The van der Waals surface area contributed by atoms with Gasteiger partial charge in [-0.3, -0.25) is 19.6 Å². The van der Waals surface area contributed by atoms with Gasteiger partial charge in [0.25, 0.3) is 5.56 Å². The number of hydrogen-bond donors (Lipinski definition) is 2. The van der Waals surface area contributed by atoms with Gasteiger partial charge in [0.1, 0.15) is 5.76 Å². The van der Waals surface area contributed by atoms with E-state index in [1.165, 1.54) is 29.0 Å². The molecular formula is C12H14N4O4. The van der Waals surface area contributed by atoms with Crippen molar-refractivity contribution in [3.05, 3.63) is 56.8 Å². The summed E-state index contributed by atoms with van der Waals surface area (Å²) in [6.07, 6.45) is 1.44. The second kappa shape index (κ2) is 5.57. The maximum atomic E-state index is 12.0. The van der Waals surface area contributed by atoms with Crippen LogP contribution >= 0.6 is 0 Å². The summed E-state index contributed by atoms with van der Waals surface area (Å²) in [5, 5.41) is 0. The molecule has 0 bridgehead atoms. The Hall–Kier alpha value is -2.61. The Labute approximate surface area is 113 Å². The SMILES string of the molecule is CCn1ccc(=O)n(Cc2ccc(C(=O)NN)o2)c1=O. The van der Waals surface area contributed by atoms with Crippen molar-refractivity contribution in [2.45, 2.75) is 20.0 Å². The zero-order chi connectivity index (χ0) is 14.7. The molecule has 2 aromatic rings. The Morgan fingerprint density at radius 3 is 2.75 bits per heavy atom. The summed E-state index contributed by atoms with van der Waals surface area (Å²) in [7, 11) is 0. The average Bonchev–Trinajstić information content (AvgIpc) is 2.91. The maximum absolute atomic E-state index is 12.0. The van der Waals surface area contributed by atoms with E-state index in [2.05, 4.69) is 0 Å². The molecule has 106 valence electrons. The van der Waals surface area contributed by atoms with E-state index in [1.807, 2.05) is 5.43 Å². The van der Waals surface area contributed by atoms with E-state index in [9.17, 15) is 14.4 Å². The lowest BCUT2D eigenvalue weighted by molar-refractivity contribution is 0.0924. The van der Waals surface area contributed by atoms with Gasteiger partial charge in [-0.2, -0.15) is 0 Å². The molecule has 2 aromatic heterocycles. The van der Waals surface area contributed by atoms with Crippen molar-refractivity contribution in [3.63, 3.8) is 0 Å². The number of amides is 1. The second-order valence-corrected chi connectivity index (χ2v) is 4.05. The van der Waals surface area contributed by atoms with Crippen LogP contribution in [-0.4, -0.2) is 15.0 Å². The van der Waals surface area contributed by atoms with Crippen LogP contribution in [0.2, 0.25) is 0 Å². The number of rotatable bonds is 4. The number of aryl methyl sites for hydroxylation is 1. The quantitative estimate of drug-likeness (QED) is 0.435. The van der Waals surface area contributed by atoms with E-state index in [1.54, 1.807) is 6.92 Å². The van der Waals surface area contributed by atoms with Crippen LogP contribution < -0.4 is 22.5 Å². The lowest BCUT2D eigenvalue weighted by Crippen LogP contribution is -2.38. The highest BCUT2D eigenvalue weighted by molar-refractivity contribution is 5.90. The molecule has 8 nitrogen and oxygen atoms in total. The van der Waals surface area contributed by atoms with Crippen molar-refractivity contribution in [1.29, 1.82) is 0 Å². The first-order valence-electron chi connectivity index (χ1n) is 5.96. The minimum Gasteiger partial charge on any atom is -0.454 e. The van der Waals surface area contributed by atoms with Crippen LogP contribution in [0.5, 0.6) is 0 Å². The number of aromatic nitrogens is 2. The van der Waals surface area contributed by atoms with Crippen LogP contribution in [0.15, 0.2) is 38.4 Å². The van der Waals surface area contributed by atoms with Gasteiger partial charge >= 0.3 is 11.6 Å². The van der Waals surface area contributed by atoms with Gasteiger partial charge in [-0.05, 0) is 19.1 Å². The van der Waals surface area contributed by atoms with Gasteiger partial charge in [0.05, 0.1) is 6.54 Å². The fourth-order valence-electron chi connectivity index (χ4n) is 1.75. The molecule has 0 aliphatic carbocycles. The third-order valence-corrected chi connectivity index (χ3v) is 2.81. The number of carbonyl (C=O) groups is 1. The average molecular weight is 278 g/mol. The van der Waals surface area contributed by atoms with Crippen LogP contribution in [0.1, 0.15) is 23.2 Å². The second-order valence-electron chi connectivity index (χ2n) is 4.05. The van der Waals surface area contributed by atoms with Crippen LogP contribution in [0, 0.1) is 0 Å². The van der Waals surface area contributed by atoms with Gasteiger partial charge in [0.2, 0.25) is 0 Å². The zero-order valence-corrected chi connectivity index (χ0v) is 10.8. The molecular weight excluding hydrogens is 264 g/mol. The number of nitrogens with zero attached hydrogens (tertiary/aromatic N) is 2. The minimum atomic E-state index is -0.581. The predicted octanol–water partition coefficient (Wildman–Crippen LogP) is -0.725. The van der Waals surface area contributed by atoms with Gasteiger partial charge < -0.3 is 8.98 Å². The van der Waals surface area contributed by atoms with E-state index in [-0.39, 0.29) is 12.3 Å². The third-order valence-electron chi connectivity index (χ3n) is 2.81. The summed E-state index contributed by atoms with van der Waals surface area (Å²) < 4.78 is 7.66. The predicted molar refractivity (Wildman–Crippen MR) is 70.1 cm³/mol. The summed E-state index contributed by atoms with van der Waals surface area (Å²) in [4.78, 5) is 35.0. The first-order chi connectivity index (χ1) is 9.56. The van der Waals surface area contributed by atoms with Gasteiger partial charge in [0.15, 0.2) is 5.76 Å². The van der Waals surface area contributed by atoms with E-state index in [0.717, 1.165) is 4.57 Å². The first-order valence-corrected chi connectivity index (χ1v) is 5.96. The van der Waals surface area contributed by atoms with Crippen molar-refractivity contribution < 1.29 is 9.21 Å². The van der Waals surface area contributed by atoms with Gasteiger partial charge in [-0.25, -0.2) is 10.6 Å². The number of furan rings is 1. The smallest absolute Gasteiger partial charge is 0.331 e. The number of hydrogen-bond acceptors (Lipinski definition) is 5. The Kier molecular flexibility index (Phi) is 3.85. The lowest BCUT2D eigenvalue weighted by Gasteiger charge is -2.06. The Balaban J connectivity index is 2.35. The van der Waals surface area contributed by atoms with Gasteiger partial charge in [0, 0.05) is 18.8 Å². The maximum Gasteiger partial charge on any atom is 0.331 e. The fourth-order valence-corrected chi connectivity index (χ4v) is 1.75. The van der Waals surface area contributed by atoms with Crippen LogP contribution in [-0.2, 0) is 13.1 Å². The topological polar surface area (TPSA) is 112 Å². The highest BCUT2D eigenvalue weighted by atomic mass is 16.4. The molecule has 0 aliphatic rings. The number of carbonyl (C=O) groups excluding carboxylic acids is 1. The summed E-state index contributed by atoms with van der Waals surface area (Å²) in [5.74, 6) is 4.74. The summed E-state index contributed by atoms with van der Waals surface area (Å²) in [6, 6.07) is 4.24. The van der Waals surface area contributed by atoms with E-state index < -0.39 is 17.2 Å². The molecule has 1 amide bonds. The van der Waals surface area contributed by atoms with Crippen LogP contribution in [0.25, 0.3) is 0 Å². The van der Waals surface area contributed by atoms with Crippen molar-refractivity contribution >= 4 is 5.91 Å². The Morgan fingerprint density at radius 1 is 1.35 bits per heavy atom. The summed E-state index contributed by atoms with van der Waals surface area (Å²) in [5.41, 5.74) is 1.07. The highest BCUT2D eigenvalue weighted by Gasteiger charge is 2.12. The normalized spacial score (nSPS) is 10.5. The molecule has 3 N–H and O–H groups in total. The molecule has 0 fully saturated rings. The van der Waals surface area contributed by atoms with Gasteiger partial charge in [-0.1, -0.05) is 0 Å². The molecule has 8 heteroatoms.